The first-order valence-corrected chi connectivity index (χ1v) is 7.30. The zero-order valence-corrected chi connectivity index (χ0v) is 12.0. The van der Waals surface area contributed by atoms with Crippen molar-refractivity contribution in [1.29, 1.82) is 0 Å². The largest absolute Gasteiger partial charge is 0.268 e. The third-order valence-electron chi connectivity index (χ3n) is 4.39. The average Bonchev–Trinajstić information content (AvgIpc) is 2.80. The number of fused-ring (bicyclic) bond motifs is 4. The molecule has 3 aromatic carbocycles. The van der Waals surface area contributed by atoms with Crippen molar-refractivity contribution in [2.24, 2.45) is 4.99 Å². The first-order chi connectivity index (χ1) is 10.7. The van der Waals surface area contributed by atoms with Gasteiger partial charge in [0.2, 0.25) is 0 Å². The van der Waals surface area contributed by atoms with Crippen LogP contribution in [0.25, 0.3) is 10.8 Å². The summed E-state index contributed by atoms with van der Waals surface area (Å²) in [4.78, 5) is 19.4. The predicted molar refractivity (Wildman–Crippen MR) is 88.1 cm³/mol. The molecule has 2 heterocycles. The number of carbonyl (C=O) groups is 1. The van der Waals surface area contributed by atoms with E-state index >= 15 is 0 Å². The second kappa shape index (κ2) is 3.83. The highest BCUT2D eigenvalue weighted by atomic mass is 16.2. The van der Waals surface area contributed by atoms with Crippen LogP contribution in [-0.2, 0) is 0 Å². The average molecular weight is 284 g/mol. The van der Waals surface area contributed by atoms with Crippen molar-refractivity contribution in [3.05, 3.63) is 71.3 Å². The predicted octanol–water partition coefficient (Wildman–Crippen LogP) is 4.20. The summed E-state index contributed by atoms with van der Waals surface area (Å²) >= 11 is 0. The van der Waals surface area contributed by atoms with Crippen molar-refractivity contribution >= 4 is 33.9 Å². The minimum Gasteiger partial charge on any atom is -0.268 e. The van der Waals surface area contributed by atoms with E-state index in [1.807, 2.05) is 49.4 Å². The Kier molecular flexibility index (Phi) is 2.03. The summed E-state index contributed by atoms with van der Waals surface area (Å²) in [5.74, 6) is 0.755. The van der Waals surface area contributed by atoms with Crippen LogP contribution >= 0.6 is 0 Å². The van der Waals surface area contributed by atoms with Gasteiger partial charge in [0, 0.05) is 10.9 Å². The van der Waals surface area contributed by atoms with Crippen LogP contribution in [0.2, 0.25) is 0 Å². The molecule has 2 aliphatic heterocycles. The summed E-state index contributed by atoms with van der Waals surface area (Å²) in [6, 6.07) is 18.0. The lowest BCUT2D eigenvalue weighted by atomic mass is 10.0. The molecule has 0 bridgehead atoms. The van der Waals surface area contributed by atoms with Crippen LogP contribution in [0.3, 0.4) is 0 Å². The van der Waals surface area contributed by atoms with Gasteiger partial charge < -0.3 is 0 Å². The molecule has 0 atom stereocenters. The van der Waals surface area contributed by atoms with E-state index in [2.05, 4.69) is 12.1 Å². The molecule has 5 rings (SSSR count). The molecule has 0 radical (unpaired) electrons. The van der Waals surface area contributed by atoms with Gasteiger partial charge in [-0.05, 0) is 36.6 Å². The molecule has 3 aromatic rings. The minimum absolute atomic E-state index is 0.00996. The van der Waals surface area contributed by atoms with Crippen LogP contribution in [0, 0.1) is 6.92 Å². The molecule has 0 saturated carbocycles. The third-order valence-corrected chi connectivity index (χ3v) is 4.39. The van der Waals surface area contributed by atoms with E-state index in [9.17, 15) is 4.79 Å². The van der Waals surface area contributed by atoms with Gasteiger partial charge in [-0.15, -0.1) is 0 Å². The van der Waals surface area contributed by atoms with Gasteiger partial charge >= 0.3 is 0 Å². The number of anilines is 1. The number of amidine groups is 1. The van der Waals surface area contributed by atoms with Crippen molar-refractivity contribution in [2.45, 2.75) is 6.92 Å². The van der Waals surface area contributed by atoms with Crippen LogP contribution in [-0.4, -0.2) is 11.7 Å². The normalized spacial score (nSPS) is 14.9. The highest BCUT2D eigenvalue weighted by molar-refractivity contribution is 6.39. The van der Waals surface area contributed by atoms with Crippen LogP contribution in [0.15, 0.2) is 59.6 Å². The zero-order chi connectivity index (χ0) is 14.8. The number of amides is 1. The Hall–Kier alpha value is -2.94. The summed E-state index contributed by atoms with van der Waals surface area (Å²) in [5, 5.41) is 2.16. The van der Waals surface area contributed by atoms with E-state index in [1.165, 1.54) is 0 Å². The number of benzene rings is 3. The molecule has 0 aromatic heterocycles. The molecule has 22 heavy (non-hydrogen) atoms. The standard InChI is InChI=1S/C19H12N2O/c1-11-8-9-13-14(10-11)18-20-15-6-2-4-12-5-3-7-16(17(12)15)21(18)19(13)22/h2-10H,1H3. The number of aliphatic imine (C=N–C) groups is 1. The Bertz CT molecular complexity index is 1010. The summed E-state index contributed by atoms with van der Waals surface area (Å²) < 4.78 is 0. The quantitative estimate of drug-likeness (QED) is 0.609. The van der Waals surface area contributed by atoms with Crippen molar-refractivity contribution in [1.82, 2.24) is 0 Å². The molecular formula is C19H12N2O. The lowest BCUT2D eigenvalue weighted by Crippen LogP contribution is -2.31. The van der Waals surface area contributed by atoms with Crippen molar-refractivity contribution in [2.75, 3.05) is 4.90 Å². The third kappa shape index (κ3) is 1.31. The molecule has 0 fully saturated rings. The van der Waals surface area contributed by atoms with Crippen molar-refractivity contribution < 1.29 is 4.79 Å². The number of nitrogens with zero attached hydrogens (tertiary/aromatic N) is 2. The molecule has 0 N–H and O–H groups in total. The number of carbonyl (C=O) groups excluding carboxylic acids is 1. The molecule has 0 aliphatic carbocycles. The topological polar surface area (TPSA) is 32.7 Å². The fourth-order valence-corrected chi connectivity index (χ4v) is 3.40. The van der Waals surface area contributed by atoms with E-state index in [0.29, 0.717) is 0 Å². The maximum absolute atomic E-state index is 12.8. The molecule has 0 spiro atoms. The van der Waals surface area contributed by atoms with E-state index in [-0.39, 0.29) is 5.91 Å². The Labute approximate surface area is 127 Å². The smallest absolute Gasteiger partial charge is 0.264 e. The Balaban J connectivity index is 1.91. The first kappa shape index (κ1) is 11.7. The SMILES string of the molecule is Cc1ccc2c(c1)C1=Nc3cccc4cccc(c34)N1C2=O. The van der Waals surface area contributed by atoms with E-state index in [0.717, 1.165) is 44.7 Å². The van der Waals surface area contributed by atoms with Crippen molar-refractivity contribution in [3.63, 3.8) is 0 Å². The molecule has 2 aliphatic rings. The van der Waals surface area contributed by atoms with Gasteiger partial charge in [0.05, 0.1) is 16.9 Å². The van der Waals surface area contributed by atoms with Crippen LogP contribution in [0.4, 0.5) is 11.4 Å². The highest BCUT2D eigenvalue weighted by Gasteiger charge is 2.37. The maximum Gasteiger partial charge on any atom is 0.264 e. The summed E-state index contributed by atoms with van der Waals surface area (Å²) in [6.45, 7) is 2.03. The van der Waals surface area contributed by atoms with E-state index in [4.69, 9.17) is 4.99 Å². The summed E-state index contributed by atoms with van der Waals surface area (Å²) in [6.07, 6.45) is 0. The van der Waals surface area contributed by atoms with E-state index in [1.54, 1.807) is 4.90 Å². The second-order valence-corrected chi connectivity index (χ2v) is 5.78. The minimum atomic E-state index is 0.00996. The van der Waals surface area contributed by atoms with Gasteiger partial charge in [-0.1, -0.05) is 35.9 Å². The summed E-state index contributed by atoms with van der Waals surface area (Å²) in [7, 11) is 0. The van der Waals surface area contributed by atoms with Crippen LogP contribution < -0.4 is 4.90 Å². The van der Waals surface area contributed by atoms with Gasteiger partial charge in [-0.3, -0.25) is 9.69 Å². The Morgan fingerprint density at radius 3 is 2.64 bits per heavy atom. The van der Waals surface area contributed by atoms with Gasteiger partial charge in [-0.2, -0.15) is 0 Å². The monoisotopic (exact) mass is 284 g/mol. The highest BCUT2D eigenvalue weighted by Crippen LogP contribution is 2.42. The lowest BCUT2D eigenvalue weighted by Gasteiger charge is -2.24. The molecule has 104 valence electrons. The number of rotatable bonds is 0. The van der Waals surface area contributed by atoms with Crippen LogP contribution in [0.1, 0.15) is 21.5 Å². The zero-order valence-electron chi connectivity index (χ0n) is 12.0. The van der Waals surface area contributed by atoms with Gasteiger partial charge in [0.1, 0.15) is 5.84 Å². The molecule has 0 unspecified atom stereocenters. The van der Waals surface area contributed by atoms with Crippen molar-refractivity contribution in [3.8, 4) is 0 Å². The van der Waals surface area contributed by atoms with Gasteiger partial charge in [0.15, 0.2) is 0 Å². The fourth-order valence-electron chi connectivity index (χ4n) is 3.40. The second-order valence-electron chi connectivity index (χ2n) is 5.78. The number of hydrogen-bond acceptors (Lipinski definition) is 2. The summed E-state index contributed by atoms with van der Waals surface area (Å²) in [5.41, 5.74) is 4.65. The first-order valence-electron chi connectivity index (χ1n) is 7.30. The fraction of sp³-hybridized carbons (Fsp3) is 0.0526. The molecule has 3 heteroatoms. The lowest BCUT2D eigenvalue weighted by molar-refractivity contribution is 0.101. The maximum atomic E-state index is 12.8. The Morgan fingerprint density at radius 1 is 0.955 bits per heavy atom. The number of aryl methyl sites for hydroxylation is 1. The van der Waals surface area contributed by atoms with E-state index < -0.39 is 0 Å². The van der Waals surface area contributed by atoms with Gasteiger partial charge in [-0.25, -0.2) is 4.99 Å². The molecule has 3 nitrogen and oxygen atoms in total. The molecule has 1 amide bonds. The Morgan fingerprint density at radius 2 is 1.77 bits per heavy atom. The molecular weight excluding hydrogens is 272 g/mol. The molecule has 0 saturated heterocycles. The van der Waals surface area contributed by atoms with Crippen LogP contribution in [0.5, 0.6) is 0 Å². The van der Waals surface area contributed by atoms with Gasteiger partial charge in [0.25, 0.3) is 5.91 Å². The number of hydrogen-bond donors (Lipinski definition) is 0.